The lowest BCUT2D eigenvalue weighted by molar-refractivity contribution is -0.387. The molecule has 1 aromatic rings. The van der Waals surface area contributed by atoms with Crippen molar-refractivity contribution >= 4 is 33.2 Å². The van der Waals surface area contributed by atoms with Gasteiger partial charge in [-0.05, 0) is 28.4 Å². The van der Waals surface area contributed by atoms with Crippen molar-refractivity contribution in [2.24, 2.45) is 0 Å². The molecular weight excluding hydrogens is 264 g/mol. The Labute approximate surface area is 86.8 Å². The highest BCUT2D eigenvalue weighted by Gasteiger charge is 2.20. The minimum Gasteiger partial charge on any atom is -0.258 e. The first-order valence-electron chi connectivity index (χ1n) is 3.23. The quantitative estimate of drug-likeness (QED) is 0.445. The van der Waals surface area contributed by atoms with Gasteiger partial charge in [0.25, 0.3) is 0 Å². The number of benzene rings is 1. The highest BCUT2D eigenvalue weighted by molar-refractivity contribution is 9.10. The minimum absolute atomic E-state index is 0.0686. The summed E-state index contributed by atoms with van der Waals surface area (Å²) in [6.45, 7) is 1.57. The number of hydrogen-bond acceptors (Lipinski definition) is 2. The number of halogens is 3. The molecule has 3 nitrogen and oxygen atoms in total. The summed E-state index contributed by atoms with van der Waals surface area (Å²) >= 11 is 8.49. The van der Waals surface area contributed by atoms with Crippen molar-refractivity contribution in [1.82, 2.24) is 0 Å². The third-order valence-electron chi connectivity index (χ3n) is 1.51. The SMILES string of the molecule is Cc1cc([N+](=O)[O-])c(F)c(Br)c1Cl. The zero-order chi connectivity index (χ0) is 10.2. The first kappa shape index (κ1) is 10.4. The van der Waals surface area contributed by atoms with Gasteiger partial charge in [-0.2, -0.15) is 4.39 Å². The van der Waals surface area contributed by atoms with E-state index in [4.69, 9.17) is 11.6 Å². The van der Waals surface area contributed by atoms with E-state index >= 15 is 0 Å². The molecular formula is C7H4BrClFNO2. The topological polar surface area (TPSA) is 43.1 Å². The first-order valence-corrected chi connectivity index (χ1v) is 4.40. The Bertz CT molecular complexity index is 383. The van der Waals surface area contributed by atoms with E-state index in [1.807, 2.05) is 0 Å². The number of nitrogens with zero attached hydrogens (tertiary/aromatic N) is 1. The Morgan fingerprint density at radius 2 is 2.23 bits per heavy atom. The second kappa shape index (κ2) is 3.59. The van der Waals surface area contributed by atoms with Gasteiger partial charge in [-0.25, -0.2) is 0 Å². The molecule has 0 saturated heterocycles. The van der Waals surface area contributed by atoms with Crippen LogP contribution in [-0.4, -0.2) is 4.92 Å². The molecule has 0 aliphatic rings. The van der Waals surface area contributed by atoms with Crippen molar-refractivity contribution in [3.05, 3.63) is 37.1 Å². The van der Waals surface area contributed by atoms with Gasteiger partial charge in [0.15, 0.2) is 0 Å². The highest BCUT2D eigenvalue weighted by Crippen LogP contribution is 2.34. The fourth-order valence-electron chi connectivity index (χ4n) is 0.847. The van der Waals surface area contributed by atoms with Gasteiger partial charge >= 0.3 is 5.69 Å². The monoisotopic (exact) mass is 267 g/mol. The van der Waals surface area contributed by atoms with Crippen LogP contribution in [0.1, 0.15) is 5.56 Å². The van der Waals surface area contributed by atoms with E-state index in [1.165, 1.54) is 0 Å². The van der Waals surface area contributed by atoms with Crippen LogP contribution in [0, 0.1) is 22.9 Å². The molecule has 0 aromatic heterocycles. The van der Waals surface area contributed by atoms with Crippen LogP contribution in [0.3, 0.4) is 0 Å². The van der Waals surface area contributed by atoms with E-state index in [0.29, 0.717) is 5.56 Å². The van der Waals surface area contributed by atoms with Gasteiger partial charge in [0.2, 0.25) is 5.82 Å². The van der Waals surface area contributed by atoms with Gasteiger partial charge in [-0.3, -0.25) is 10.1 Å². The Balaban J connectivity index is 3.50. The maximum absolute atomic E-state index is 13.1. The lowest BCUT2D eigenvalue weighted by Crippen LogP contribution is -1.95. The molecule has 1 rings (SSSR count). The summed E-state index contributed by atoms with van der Waals surface area (Å²) in [6, 6.07) is 1.10. The van der Waals surface area contributed by atoms with Gasteiger partial charge in [-0.15, -0.1) is 0 Å². The number of nitro groups is 1. The molecule has 0 heterocycles. The molecule has 0 radical (unpaired) electrons. The average molecular weight is 268 g/mol. The number of hydrogen-bond donors (Lipinski definition) is 0. The van der Waals surface area contributed by atoms with E-state index < -0.39 is 16.4 Å². The molecule has 13 heavy (non-hydrogen) atoms. The van der Waals surface area contributed by atoms with Crippen LogP contribution in [0.15, 0.2) is 10.5 Å². The molecule has 0 aliphatic carbocycles. The molecule has 0 saturated carbocycles. The summed E-state index contributed by atoms with van der Waals surface area (Å²) in [4.78, 5) is 9.55. The normalized spacial score (nSPS) is 10.2. The second-order valence-corrected chi connectivity index (χ2v) is 3.58. The van der Waals surface area contributed by atoms with Crippen LogP contribution in [0.25, 0.3) is 0 Å². The third kappa shape index (κ3) is 1.81. The Morgan fingerprint density at radius 3 is 2.69 bits per heavy atom. The minimum atomic E-state index is -0.944. The fourth-order valence-corrected chi connectivity index (χ4v) is 1.50. The first-order chi connectivity index (χ1) is 5.95. The lowest BCUT2D eigenvalue weighted by Gasteiger charge is -2.02. The summed E-state index contributed by atoms with van der Waals surface area (Å²) in [6.07, 6.45) is 0. The fraction of sp³-hybridized carbons (Fsp3) is 0.143. The summed E-state index contributed by atoms with van der Waals surface area (Å²) in [5.41, 5.74) is -0.115. The van der Waals surface area contributed by atoms with Gasteiger partial charge in [-0.1, -0.05) is 11.6 Å². The van der Waals surface area contributed by atoms with E-state index in [2.05, 4.69) is 15.9 Å². The molecule has 0 amide bonds. The molecule has 0 unspecified atom stereocenters. The van der Waals surface area contributed by atoms with E-state index in [1.54, 1.807) is 6.92 Å². The average Bonchev–Trinajstić information content (AvgIpc) is 2.07. The smallest absolute Gasteiger partial charge is 0.258 e. The second-order valence-electron chi connectivity index (χ2n) is 2.41. The van der Waals surface area contributed by atoms with Gasteiger partial charge in [0, 0.05) is 6.07 Å². The zero-order valence-electron chi connectivity index (χ0n) is 6.47. The number of rotatable bonds is 1. The van der Waals surface area contributed by atoms with Crippen molar-refractivity contribution in [3.8, 4) is 0 Å². The van der Waals surface area contributed by atoms with Crippen LogP contribution >= 0.6 is 27.5 Å². The van der Waals surface area contributed by atoms with E-state index in [-0.39, 0.29) is 9.50 Å². The van der Waals surface area contributed by atoms with Crippen molar-refractivity contribution in [2.45, 2.75) is 6.92 Å². The summed E-state index contributed by atoms with van der Waals surface area (Å²) < 4.78 is 13.1. The summed E-state index contributed by atoms with van der Waals surface area (Å²) in [7, 11) is 0. The zero-order valence-corrected chi connectivity index (χ0v) is 8.82. The van der Waals surface area contributed by atoms with Crippen molar-refractivity contribution in [3.63, 3.8) is 0 Å². The summed E-state index contributed by atoms with van der Waals surface area (Å²) in [5.74, 6) is -0.944. The predicted octanol–water partition coefficient (Wildman–Crippen LogP) is 3.46. The van der Waals surface area contributed by atoms with Crippen LogP contribution in [-0.2, 0) is 0 Å². The molecule has 0 aliphatic heterocycles. The molecule has 1 aromatic carbocycles. The van der Waals surface area contributed by atoms with Crippen molar-refractivity contribution < 1.29 is 9.31 Å². The van der Waals surface area contributed by atoms with Crippen LogP contribution in [0.4, 0.5) is 10.1 Å². The molecule has 0 fully saturated rings. The molecule has 0 atom stereocenters. The lowest BCUT2D eigenvalue weighted by atomic mass is 10.2. The van der Waals surface area contributed by atoms with Crippen molar-refractivity contribution in [1.29, 1.82) is 0 Å². The standard InChI is InChI=1S/C7H4BrClFNO2/c1-3-2-4(11(12)13)7(10)5(8)6(3)9/h2H,1H3. The van der Waals surface area contributed by atoms with Crippen LogP contribution in [0.5, 0.6) is 0 Å². The molecule has 0 spiro atoms. The maximum atomic E-state index is 13.1. The van der Waals surface area contributed by atoms with Crippen LogP contribution in [0.2, 0.25) is 5.02 Å². The molecule has 0 N–H and O–H groups in total. The Hall–Kier alpha value is -0.680. The Kier molecular flexibility index (Phi) is 2.87. The largest absolute Gasteiger partial charge is 0.306 e. The summed E-state index contributed by atoms with van der Waals surface area (Å²) in [5, 5.41) is 10.5. The van der Waals surface area contributed by atoms with Gasteiger partial charge in [0.1, 0.15) is 0 Å². The molecule has 0 bridgehead atoms. The maximum Gasteiger partial charge on any atom is 0.306 e. The number of nitro benzene ring substituents is 1. The Morgan fingerprint density at radius 1 is 1.69 bits per heavy atom. The van der Waals surface area contributed by atoms with E-state index in [0.717, 1.165) is 6.07 Å². The van der Waals surface area contributed by atoms with Crippen LogP contribution < -0.4 is 0 Å². The van der Waals surface area contributed by atoms with E-state index in [9.17, 15) is 14.5 Å². The highest BCUT2D eigenvalue weighted by atomic mass is 79.9. The molecule has 6 heteroatoms. The van der Waals surface area contributed by atoms with Crippen molar-refractivity contribution in [2.75, 3.05) is 0 Å². The third-order valence-corrected chi connectivity index (χ3v) is 2.97. The molecule has 70 valence electrons. The van der Waals surface area contributed by atoms with Gasteiger partial charge in [0.05, 0.1) is 14.4 Å². The van der Waals surface area contributed by atoms with Gasteiger partial charge < -0.3 is 0 Å². The number of aryl methyl sites for hydroxylation is 1. The predicted molar refractivity (Wildman–Crippen MR) is 50.5 cm³/mol.